The van der Waals surface area contributed by atoms with Crippen LogP contribution in [0.5, 0.6) is 0 Å². The van der Waals surface area contributed by atoms with Crippen molar-refractivity contribution in [2.24, 2.45) is 0 Å². The maximum Gasteiger partial charge on any atom is 0.263 e. The second kappa shape index (κ2) is 4.46. The standard InChI is InChI=1S/C20H13NO2/c1-12-6-8-18-16(10-12)21-20(23-18)19-11-15-14-5-3-2-4-13(14)7-9-17(15)22-19/h2-11H,1H3. The fourth-order valence-corrected chi connectivity index (χ4v) is 3.04. The second-order valence-electron chi connectivity index (χ2n) is 5.80. The average Bonchev–Trinajstić information content (AvgIpc) is 3.18. The number of hydrogen-bond donors (Lipinski definition) is 0. The summed E-state index contributed by atoms with van der Waals surface area (Å²) < 4.78 is 11.8. The lowest BCUT2D eigenvalue weighted by molar-refractivity contribution is 0.559. The Labute approximate surface area is 132 Å². The quantitative estimate of drug-likeness (QED) is 0.398. The Morgan fingerprint density at radius 3 is 2.61 bits per heavy atom. The third-order valence-corrected chi connectivity index (χ3v) is 4.18. The van der Waals surface area contributed by atoms with Crippen LogP contribution in [0.1, 0.15) is 5.56 Å². The summed E-state index contributed by atoms with van der Waals surface area (Å²) in [5.74, 6) is 1.18. The van der Waals surface area contributed by atoms with Gasteiger partial charge in [0.1, 0.15) is 11.1 Å². The molecule has 0 amide bonds. The predicted molar refractivity (Wildman–Crippen MR) is 91.5 cm³/mol. The number of aryl methyl sites for hydroxylation is 1. The van der Waals surface area contributed by atoms with Crippen molar-refractivity contribution in [1.82, 2.24) is 4.98 Å². The Hall–Kier alpha value is -3.07. The fourth-order valence-electron chi connectivity index (χ4n) is 3.04. The first-order valence-electron chi connectivity index (χ1n) is 7.57. The van der Waals surface area contributed by atoms with Gasteiger partial charge in [-0.3, -0.25) is 0 Å². The summed E-state index contributed by atoms with van der Waals surface area (Å²) in [6.07, 6.45) is 0. The number of aromatic nitrogens is 1. The number of benzene rings is 3. The molecule has 0 aliphatic carbocycles. The highest BCUT2D eigenvalue weighted by molar-refractivity contribution is 6.06. The molecule has 0 fully saturated rings. The molecule has 0 saturated heterocycles. The van der Waals surface area contributed by atoms with E-state index >= 15 is 0 Å². The van der Waals surface area contributed by atoms with E-state index in [0.717, 1.165) is 27.6 Å². The molecule has 0 bridgehead atoms. The molecular formula is C20H13NO2. The summed E-state index contributed by atoms with van der Waals surface area (Å²) in [5, 5.41) is 3.45. The van der Waals surface area contributed by atoms with Crippen molar-refractivity contribution in [2.75, 3.05) is 0 Å². The summed E-state index contributed by atoms with van der Waals surface area (Å²) in [6.45, 7) is 2.04. The highest BCUT2D eigenvalue weighted by Crippen LogP contribution is 2.33. The lowest BCUT2D eigenvalue weighted by atomic mass is 10.1. The number of oxazole rings is 1. The zero-order chi connectivity index (χ0) is 15.4. The molecule has 110 valence electrons. The predicted octanol–water partition coefficient (Wildman–Crippen LogP) is 5.70. The first-order valence-corrected chi connectivity index (χ1v) is 7.57. The number of furan rings is 1. The molecule has 0 spiro atoms. The molecule has 0 atom stereocenters. The van der Waals surface area contributed by atoms with Crippen molar-refractivity contribution in [1.29, 1.82) is 0 Å². The van der Waals surface area contributed by atoms with Crippen molar-refractivity contribution < 1.29 is 8.83 Å². The van der Waals surface area contributed by atoms with Crippen molar-refractivity contribution in [3.63, 3.8) is 0 Å². The van der Waals surface area contributed by atoms with Gasteiger partial charge in [-0.05, 0) is 47.5 Å². The monoisotopic (exact) mass is 299 g/mol. The Kier molecular flexibility index (Phi) is 2.42. The van der Waals surface area contributed by atoms with Gasteiger partial charge in [-0.15, -0.1) is 0 Å². The van der Waals surface area contributed by atoms with E-state index in [1.165, 1.54) is 10.8 Å². The largest absolute Gasteiger partial charge is 0.451 e. The van der Waals surface area contributed by atoms with Crippen LogP contribution in [0.2, 0.25) is 0 Å². The van der Waals surface area contributed by atoms with Crippen LogP contribution in [0.4, 0.5) is 0 Å². The number of fused-ring (bicyclic) bond motifs is 4. The van der Waals surface area contributed by atoms with Gasteiger partial charge in [0.15, 0.2) is 11.3 Å². The molecule has 0 N–H and O–H groups in total. The molecule has 5 rings (SSSR count). The van der Waals surface area contributed by atoms with Crippen LogP contribution in [-0.2, 0) is 0 Å². The van der Waals surface area contributed by atoms with Crippen LogP contribution in [-0.4, -0.2) is 4.98 Å². The molecule has 3 heteroatoms. The van der Waals surface area contributed by atoms with E-state index in [-0.39, 0.29) is 0 Å². The van der Waals surface area contributed by atoms with E-state index in [1.807, 2.05) is 49.4 Å². The van der Waals surface area contributed by atoms with E-state index in [4.69, 9.17) is 8.83 Å². The van der Waals surface area contributed by atoms with E-state index in [1.54, 1.807) is 0 Å². The van der Waals surface area contributed by atoms with Crippen LogP contribution in [0.25, 0.3) is 44.5 Å². The molecule has 5 aromatic rings. The SMILES string of the molecule is Cc1ccc2oc(-c3cc4c(ccc5ccccc54)o3)nc2c1. The van der Waals surface area contributed by atoms with Gasteiger partial charge in [-0.2, -0.15) is 0 Å². The van der Waals surface area contributed by atoms with E-state index < -0.39 is 0 Å². The molecule has 3 nitrogen and oxygen atoms in total. The topological polar surface area (TPSA) is 39.2 Å². The average molecular weight is 299 g/mol. The van der Waals surface area contributed by atoms with Crippen molar-refractivity contribution in [2.45, 2.75) is 6.92 Å². The summed E-state index contributed by atoms with van der Waals surface area (Å²) in [4.78, 5) is 4.56. The summed E-state index contributed by atoms with van der Waals surface area (Å²) in [5.41, 5.74) is 3.63. The molecule has 2 aromatic heterocycles. The minimum Gasteiger partial charge on any atom is -0.451 e. The highest BCUT2D eigenvalue weighted by atomic mass is 16.4. The Bertz CT molecular complexity index is 1180. The van der Waals surface area contributed by atoms with Crippen LogP contribution < -0.4 is 0 Å². The summed E-state index contributed by atoms with van der Waals surface area (Å²) >= 11 is 0. The minimum atomic E-state index is 0.519. The fraction of sp³-hybridized carbons (Fsp3) is 0.0500. The van der Waals surface area contributed by atoms with Gasteiger partial charge >= 0.3 is 0 Å². The maximum atomic E-state index is 5.97. The summed E-state index contributed by atoms with van der Waals surface area (Å²) in [6, 6.07) is 20.3. The molecule has 0 radical (unpaired) electrons. The first-order chi connectivity index (χ1) is 11.3. The molecule has 0 aliphatic rings. The van der Waals surface area contributed by atoms with Gasteiger partial charge in [0.05, 0.1) is 0 Å². The Morgan fingerprint density at radius 1 is 0.783 bits per heavy atom. The van der Waals surface area contributed by atoms with Crippen LogP contribution in [0.3, 0.4) is 0 Å². The normalized spacial score (nSPS) is 11.7. The van der Waals surface area contributed by atoms with Crippen LogP contribution >= 0.6 is 0 Å². The lowest BCUT2D eigenvalue weighted by Gasteiger charge is -1.96. The smallest absolute Gasteiger partial charge is 0.263 e. The van der Waals surface area contributed by atoms with Gasteiger partial charge < -0.3 is 8.83 Å². The molecule has 0 aliphatic heterocycles. The van der Waals surface area contributed by atoms with Crippen LogP contribution in [0, 0.1) is 6.92 Å². The number of rotatable bonds is 1. The zero-order valence-electron chi connectivity index (χ0n) is 12.5. The van der Waals surface area contributed by atoms with Crippen molar-refractivity contribution >= 4 is 32.8 Å². The zero-order valence-corrected chi connectivity index (χ0v) is 12.5. The highest BCUT2D eigenvalue weighted by Gasteiger charge is 2.14. The first kappa shape index (κ1) is 12.5. The lowest BCUT2D eigenvalue weighted by Crippen LogP contribution is -1.73. The molecule has 2 heterocycles. The molecular weight excluding hydrogens is 286 g/mol. The third kappa shape index (κ3) is 1.87. The van der Waals surface area contributed by atoms with Crippen LogP contribution in [0.15, 0.2) is 69.5 Å². The van der Waals surface area contributed by atoms with Gasteiger partial charge in [-0.1, -0.05) is 36.4 Å². The Morgan fingerprint density at radius 2 is 1.65 bits per heavy atom. The maximum absolute atomic E-state index is 5.97. The van der Waals surface area contributed by atoms with E-state index in [2.05, 4.69) is 23.2 Å². The molecule has 3 aromatic carbocycles. The van der Waals surface area contributed by atoms with Crippen molar-refractivity contribution in [3.8, 4) is 11.7 Å². The third-order valence-electron chi connectivity index (χ3n) is 4.18. The van der Waals surface area contributed by atoms with Gasteiger partial charge in [0.25, 0.3) is 5.89 Å². The summed E-state index contributed by atoms with van der Waals surface area (Å²) in [7, 11) is 0. The molecule has 0 unspecified atom stereocenters. The second-order valence-corrected chi connectivity index (χ2v) is 5.80. The van der Waals surface area contributed by atoms with Gasteiger partial charge in [0.2, 0.25) is 0 Å². The number of nitrogens with zero attached hydrogens (tertiary/aromatic N) is 1. The van der Waals surface area contributed by atoms with E-state index in [9.17, 15) is 0 Å². The molecule has 23 heavy (non-hydrogen) atoms. The van der Waals surface area contributed by atoms with Crippen molar-refractivity contribution in [3.05, 3.63) is 66.2 Å². The van der Waals surface area contributed by atoms with E-state index in [0.29, 0.717) is 11.7 Å². The van der Waals surface area contributed by atoms with Gasteiger partial charge in [0, 0.05) is 5.39 Å². The number of hydrogen-bond acceptors (Lipinski definition) is 3. The minimum absolute atomic E-state index is 0.519. The van der Waals surface area contributed by atoms with Gasteiger partial charge in [-0.25, -0.2) is 4.98 Å². The Balaban J connectivity index is 1.76. The molecule has 0 saturated carbocycles.